The van der Waals surface area contributed by atoms with E-state index < -0.39 is 0 Å². The highest BCUT2D eigenvalue weighted by Gasteiger charge is 2.22. The Hall–Kier alpha value is -3.22. The van der Waals surface area contributed by atoms with Crippen LogP contribution in [0.15, 0.2) is 53.1 Å². The van der Waals surface area contributed by atoms with E-state index in [1.54, 1.807) is 0 Å². The molecular weight excluding hydrogens is 359 g/mol. The number of amides is 1. The predicted octanol–water partition coefficient (Wildman–Crippen LogP) is 3.40. The summed E-state index contributed by atoms with van der Waals surface area (Å²) in [5.74, 6) is 0.828. The van der Waals surface area contributed by atoms with Gasteiger partial charge in [-0.3, -0.25) is 4.79 Å². The third-order valence-electron chi connectivity index (χ3n) is 4.92. The average molecular weight is 380 g/mol. The van der Waals surface area contributed by atoms with Crippen LogP contribution in [0.25, 0.3) is 11.4 Å². The first-order chi connectivity index (χ1) is 13.6. The molecule has 0 N–H and O–H groups in total. The largest absolute Gasteiger partial charge is 0.368 e. The summed E-state index contributed by atoms with van der Waals surface area (Å²) in [7, 11) is 0. The molecule has 144 valence electrons. The standard InChI is InChI=1S/C21H21FN4O2/c1-2-19-23-20(24-28-19)15-5-9-18(10-6-15)25-11-13-26(14-12-25)21(27)16-3-7-17(22)8-4-16/h3-10H,2,11-14H2,1H3. The fraction of sp³-hybridized carbons (Fsp3) is 0.286. The summed E-state index contributed by atoms with van der Waals surface area (Å²) in [5, 5.41) is 4.00. The number of benzene rings is 2. The van der Waals surface area contributed by atoms with Gasteiger partial charge in [-0.05, 0) is 48.5 Å². The molecule has 0 atom stereocenters. The number of nitrogens with zero attached hydrogens (tertiary/aromatic N) is 4. The van der Waals surface area contributed by atoms with Crippen LogP contribution in [-0.4, -0.2) is 47.1 Å². The molecule has 28 heavy (non-hydrogen) atoms. The van der Waals surface area contributed by atoms with Gasteiger partial charge < -0.3 is 14.3 Å². The summed E-state index contributed by atoms with van der Waals surface area (Å²) < 4.78 is 18.2. The van der Waals surface area contributed by atoms with E-state index in [0.717, 1.165) is 24.3 Å². The Morgan fingerprint density at radius 2 is 1.71 bits per heavy atom. The first-order valence-corrected chi connectivity index (χ1v) is 9.37. The molecule has 0 bridgehead atoms. The topological polar surface area (TPSA) is 62.5 Å². The van der Waals surface area contributed by atoms with Crippen LogP contribution in [0.2, 0.25) is 0 Å². The molecule has 0 unspecified atom stereocenters. The number of rotatable bonds is 4. The maximum absolute atomic E-state index is 13.0. The Bertz CT molecular complexity index is 945. The summed E-state index contributed by atoms with van der Waals surface area (Å²) in [5.41, 5.74) is 2.53. The number of hydrogen-bond donors (Lipinski definition) is 0. The summed E-state index contributed by atoms with van der Waals surface area (Å²) in [6.07, 6.45) is 0.714. The summed E-state index contributed by atoms with van der Waals surface area (Å²) in [6, 6.07) is 13.7. The molecule has 3 aromatic rings. The Kier molecular flexibility index (Phi) is 5.06. The lowest BCUT2D eigenvalue weighted by molar-refractivity contribution is 0.0746. The second kappa shape index (κ2) is 7.80. The minimum absolute atomic E-state index is 0.0566. The highest BCUT2D eigenvalue weighted by atomic mass is 19.1. The van der Waals surface area contributed by atoms with Gasteiger partial charge in [0, 0.05) is 49.4 Å². The van der Waals surface area contributed by atoms with Gasteiger partial charge in [0.1, 0.15) is 5.82 Å². The van der Waals surface area contributed by atoms with Crippen LogP contribution >= 0.6 is 0 Å². The van der Waals surface area contributed by atoms with Crippen molar-refractivity contribution in [1.82, 2.24) is 15.0 Å². The Balaban J connectivity index is 1.38. The van der Waals surface area contributed by atoms with Gasteiger partial charge in [-0.1, -0.05) is 12.1 Å². The number of carbonyl (C=O) groups is 1. The fourth-order valence-electron chi connectivity index (χ4n) is 3.28. The van der Waals surface area contributed by atoms with Gasteiger partial charge in [-0.2, -0.15) is 4.98 Å². The molecule has 4 rings (SSSR count). The van der Waals surface area contributed by atoms with Crippen molar-refractivity contribution in [2.75, 3.05) is 31.1 Å². The smallest absolute Gasteiger partial charge is 0.253 e. The van der Waals surface area contributed by atoms with E-state index in [1.165, 1.54) is 24.3 Å². The van der Waals surface area contributed by atoms with Gasteiger partial charge in [-0.15, -0.1) is 0 Å². The van der Waals surface area contributed by atoms with Crippen molar-refractivity contribution in [1.29, 1.82) is 0 Å². The first-order valence-electron chi connectivity index (χ1n) is 9.37. The van der Waals surface area contributed by atoms with Crippen LogP contribution in [0.5, 0.6) is 0 Å². The molecule has 6 nitrogen and oxygen atoms in total. The van der Waals surface area contributed by atoms with E-state index in [2.05, 4.69) is 15.0 Å². The molecule has 2 aromatic carbocycles. The Morgan fingerprint density at radius 3 is 2.32 bits per heavy atom. The lowest BCUT2D eigenvalue weighted by Gasteiger charge is -2.36. The molecule has 1 fully saturated rings. The van der Waals surface area contributed by atoms with Gasteiger partial charge in [0.05, 0.1) is 0 Å². The van der Waals surface area contributed by atoms with E-state index >= 15 is 0 Å². The number of aromatic nitrogens is 2. The summed E-state index contributed by atoms with van der Waals surface area (Å²) in [6.45, 7) is 4.72. The molecule has 0 radical (unpaired) electrons. The van der Waals surface area contributed by atoms with Crippen molar-refractivity contribution >= 4 is 11.6 Å². The van der Waals surface area contributed by atoms with Crippen LogP contribution in [0.4, 0.5) is 10.1 Å². The number of hydrogen-bond acceptors (Lipinski definition) is 5. The van der Waals surface area contributed by atoms with Crippen molar-refractivity contribution in [3.63, 3.8) is 0 Å². The number of halogens is 1. The second-order valence-corrected chi connectivity index (χ2v) is 6.70. The number of aryl methyl sites for hydroxylation is 1. The van der Waals surface area contributed by atoms with Crippen molar-refractivity contribution in [3.8, 4) is 11.4 Å². The molecule has 1 aromatic heterocycles. The van der Waals surface area contributed by atoms with Crippen molar-refractivity contribution in [2.45, 2.75) is 13.3 Å². The van der Waals surface area contributed by atoms with Gasteiger partial charge in [0.25, 0.3) is 5.91 Å². The van der Waals surface area contributed by atoms with E-state index in [0.29, 0.717) is 36.8 Å². The van der Waals surface area contributed by atoms with E-state index in [4.69, 9.17) is 4.52 Å². The quantitative estimate of drug-likeness (QED) is 0.694. The monoisotopic (exact) mass is 380 g/mol. The zero-order chi connectivity index (χ0) is 19.5. The minimum atomic E-state index is -0.337. The molecule has 1 amide bonds. The lowest BCUT2D eigenvalue weighted by Crippen LogP contribution is -2.48. The Morgan fingerprint density at radius 1 is 1.04 bits per heavy atom. The van der Waals surface area contributed by atoms with Crippen LogP contribution in [0.1, 0.15) is 23.2 Å². The van der Waals surface area contributed by atoms with Crippen LogP contribution in [0, 0.1) is 5.82 Å². The van der Waals surface area contributed by atoms with Crippen LogP contribution in [-0.2, 0) is 6.42 Å². The van der Waals surface area contributed by atoms with Crippen molar-refractivity contribution in [3.05, 3.63) is 65.8 Å². The van der Waals surface area contributed by atoms with Crippen LogP contribution < -0.4 is 4.90 Å². The molecule has 1 saturated heterocycles. The van der Waals surface area contributed by atoms with Gasteiger partial charge >= 0.3 is 0 Å². The third-order valence-corrected chi connectivity index (χ3v) is 4.92. The highest BCUT2D eigenvalue weighted by Crippen LogP contribution is 2.22. The molecular formula is C21H21FN4O2. The van der Waals surface area contributed by atoms with Crippen LogP contribution in [0.3, 0.4) is 0 Å². The number of anilines is 1. The fourth-order valence-corrected chi connectivity index (χ4v) is 3.28. The predicted molar refractivity (Wildman–Crippen MR) is 104 cm³/mol. The molecule has 0 spiro atoms. The minimum Gasteiger partial charge on any atom is -0.368 e. The number of piperazine rings is 1. The zero-order valence-corrected chi connectivity index (χ0v) is 15.6. The van der Waals surface area contributed by atoms with Gasteiger partial charge in [0.2, 0.25) is 11.7 Å². The van der Waals surface area contributed by atoms with Crippen molar-refractivity contribution < 1.29 is 13.7 Å². The van der Waals surface area contributed by atoms with E-state index in [1.807, 2.05) is 36.1 Å². The summed E-state index contributed by atoms with van der Waals surface area (Å²) in [4.78, 5) is 20.9. The number of carbonyl (C=O) groups excluding carboxylic acids is 1. The molecule has 0 aliphatic carbocycles. The Labute approximate surface area is 162 Å². The molecule has 1 aliphatic rings. The maximum Gasteiger partial charge on any atom is 0.253 e. The van der Waals surface area contributed by atoms with Crippen molar-refractivity contribution in [2.24, 2.45) is 0 Å². The lowest BCUT2D eigenvalue weighted by atomic mass is 10.1. The average Bonchev–Trinajstić information content (AvgIpc) is 3.23. The highest BCUT2D eigenvalue weighted by molar-refractivity contribution is 5.94. The normalized spacial score (nSPS) is 14.4. The molecule has 2 heterocycles. The summed E-state index contributed by atoms with van der Waals surface area (Å²) >= 11 is 0. The van der Waals surface area contributed by atoms with E-state index in [-0.39, 0.29) is 11.7 Å². The first kappa shape index (κ1) is 18.2. The molecule has 7 heteroatoms. The van der Waals surface area contributed by atoms with Gasteiger partial charge in [-0.25, -0.2) is 4.39 Å². The van der Waals surface area contributed by atoms with E-state index in [9.17, 15) is 9.18 Å². The molecule has 1 aliphatic heterocycles. The molecule has 0 saturated carbocycles. The zero-order valence-electron chi connectivity index (χ0n) is 15.6. The SMILES string of the molecule is CCc1nc(-c2ccc(N3CCN(C(=O)c4ccc(F)cc4)CC3)cc2)no1. The maximum atomic E-state index is 13.0. The second-order valence-electron chi connectivity index (χ2n) is 6.70. The third kappa shape index (κ3) is 3.74. The van der Waals surface area contributed by atoms with Gasteiger partial charge in [0.15, 0.2) is 0 Å².